The van der Waals surface area contributed by atoms with E-state index in [4.69, 9.17) is 30.2 Å². The molecule has 14 heteroatoms. The van der Waals surface area contributed by atoms with Gasteiger partial charge < -0.3 is 18.6 Å². The van der Waals surface area contributed by atoms with Crippen LogP contribution in [0.5, 0.6) is 0 Å². The Labute approximate surface area is 215 Å². The Hall–Kier alpha value is -2.58. The van der Waals surface area contributed by atoms with Crippen molar-refractivity contribution < 1.29 is 27.0 Å². The number of aryl methyl sites for hydroxylation is 1. The lowest BCUT2D eigenvalue weighted by Crippen LogP contribution is -2.34. The van der Waals surface area contributed by atoms with Crippen LogP contribution in [0.4, 0.5) is 5.95 Å². The highest BCUT2D eigenvalue weighted by Crippen LogP contribution is 2.31. The van der Waals surface area contributed by atoms with Gasteiger partial charge >= 0.3 is 0 Å². The van der Waals surface area contributed by atoms with Crippen molar-refractivity contribution >= 4 is 27.6 Å². The van der Waals surface area contributed by atoms with E-state index in [1.165, 1.54) is 31.0 Å². The molecule has 3 aromatic rings. The Morgan fingerprint density at radius 1 is 1.17 bits per heavy atom. The number of halogens is 1. The number of rotatable bonds is 14. The molecule has 1 N–H and O–H groups in total. The van der Waals surface area contributed by atoms with Crippen LogP contribution in [-0.2, 0) is 24.2 Å². The fourth-order valence-corrected chi connectivity index (χ4v) is 4.65. The molecule has 1 unspecified atom stereocenters. The second-order valence-corrected chi connectivity index (χ2v) is 10.5. The molecule has 0 aliphatic heterocycles. The number of hydrogen-bond acceptors (Lipinski definition) is 10. The van der Waals surface area contributed by atoms with Crippen molar-refractivity contribution in [3.05, 3.63) is 41.1 Å². The van der Waals surface area contributed by atoms with Gasteiger partial charge in [-0.2, -0.15) is 0 Å². The van der Waals surface area contributed by atoms with Crippen LogP contribution in [-0.4, -0.2) is 65.8 Å². The molecule has 0 bridgehead atoms. The van der Waals surface area contributed by atoms with Crippen molar-refractivity contribution in [3.8, 4) is 11.6 Å². The number of aromatic nitrogens is 5. The van der Waals surface area contributed by atoms with E-state index in [1.807, 2.05) is 6.92 Å². The number of sulfonamides is 1. The lowest BCUT2D eigenvalue weighted by molar-refractivity contribution is 0.0187. The summed E-state index contributed by atoms with van der Waals surface area (Å²) in [6, 6.07) is 3.51. The van der Waals surface area contributed by atoms with Crippen molar-refractivity contribution in [1.82, 2.24) is 24.7 Å². The Morgan fingerprint density at radius 2 is 1.89 bits per heavy atom. The van der Waals surface area contributed by atoms with Crippen molar-refractivity contribution in [3.63, 3.8) is 0 Å². The van der Waals surface area contributed by atoms with Crippen molar-refractivity contribution in [1.29, 1.82) is 0 Å². The van der Waals surface area contributed by atoms with Gasteiger partial charge in [0.25, 0.3) is 0 Å². The smallest absolute Gasteiger partial charge is 0.240 e. The molecule has 0 spiro atoms. The summed E-state index contributed by atoms with van der Waals surface area (Å²) >= 11 is 5.91. The molecule has 0 aliphatic rings. The molecule has 0 fully saturated rings. The average molecular weight is 543 g/mol. The highest BCUT2D eigenvalue weighted by Gasteiger charge is 2.35. The predicted molar refractivity (Wildman–Crippen MR) is 133 cm³/mol. The summed E-state index contributed by atoms with van der Waals surface area (Å²) in [4.78, 5) is 8.34. The molecule has 198 valence electrons. The lowest BCUT2D eigenvalue weighted by atomic mass is 10.2. The minimum atomic E-state index is -4.08. The van der Waals surface area contributed by atoms with Crippen LogP contribution in [0.15, 0.2) is 28.9 Å². The number of nitrogens with one attached hydrogen (secondary N) is 1. The van der Waals surface area contributed by atoms with E-state index in [2.05, 4.69) is 24.9 Å². The van der Waals surface area contributed by atoms with E-state index in [0.717, 1.165) is 0 Å². The predicted octanol–water partition coefficient (Wildman–Crippen LogP) is 3.77. The zero-order valence-corrected chi connectivity index (χ0v) is 22.4. The fraction of sp³-hybridized carbons (Fsp3) is 0.545. The van der Waals surface area contributed by atoms with Crippen LogP contribution in [0.25, 0.3) is 11.6 Å². The molecule has 0 aromatic carbocycles. The summed E-state index contributed by atoms with van der Waals surface area (Å²) in [5, 5.41) is 7.53. The normalized spacial score (nSPS) is 14.5. The summed E-state index contributed by atoms with van der Waals surface area (Å²) in [6.45, 7) is 5.90. The molecule has 0 radical (unpaired) electrons. The van der Waals surface area contributed by atoms with Gasteiger partial charge in [-0.15, -0.1) is 10.2 Å². The molecular weight excluding hydrogens is 512 g/mol. The molecular formula is C22H31ClN6O6S. The number of hydrogen-bond donors (Lipinski definition) is 1. The van der Waals surface area contributed by atoms with Gasteiger partial charge in [-0.1, -0.05) is 18.5 Å². The van der Waals surface area contributed by atoms with Crippen LogP contribution >= 0.6 is 11.6 Å². The van der Waals surface area contributed by atoms with Gasteiger partial charge in [0.15, 0.2) is 11.6 Å². The summed E-state index contributed by atoms with van der Waals surface area (Å²) in [5.41, 5.74) is 0. The van der Waals surface area contributed by atoms with E-state index in [1.54, 1.807) is 26.2 Å². The average Bonchev–Trinajstić information content (AvgIpc) is 3.46. The highest BCUT2D eigenvalue weighted by atomic mass is 35.5. The van der Waals surface area contributed by atoms with Crippen LogP contribution in [0.3, 0.4) is 0 Å². The van der Waals surface area contributed by atoms with Gasteiger partial charge in [0.2, 0.25) is 21.8 Å². The SMILES string of the molecule is CCCO[C@@H](c1ncc(Cl)cn1)[C@H](C)S(=O)(=O)Nc1nnc(-c2ccc(C)o2)n1C(CCOC)OC. The summed E-state index contributed by atoms with van der Waals surface area (Å²) < 4.78 is 53.5. The minimum absolute atomic E-state index is 0.0416. The zero-order valence-electron chi connectivity index (χ0n) is 20.8. The zero-order chi connectivity index (χ0) is 26.3. The van der Waals surface area contributed by atoms with E-state index in [0.29, 0.717) is 48.4 Å². The Balaban J connectivity index is 1.98. The van der Waals surface area contributed by atoms with E-state index in [9.17, 15) is 8.42 Å². The monoisotopic (exact) mass is 542 g/mol. The van der Waals surface area contributed by atoms with Gasteiger partial charge in [0.1, 0.15) is 23.3 Å². The van der Waals surface area contributed by atoms with Crippen LogP contribution < -0.4 is 4.72 Å². The molecule has 12 nitrogen and oxygen atoms in total. The van der Waals surface area contributed by atoms with Gasteiger partial charge in [-0.25, -0.2) is 18.4 Å². The highest BCUT2D eigenvalue weighted by molar-refractivity contribution is 7.93. The van der Waals surface area contributed by atoms with E-state index in [-0.39, 0.29) is 11.8 Å². The number of methoxy groups -OCH3 is 2. The third kappa shape index (κ3) is 6.59. The quantitative estimate of drug-likeness (QED) is 0.319. The van der Waals surface area contributed by atoms with Gasteiger partial charge in [-0.05, 0) is 32.4 Å². The topological polar surface area (TPSA) is 143 Å². The molecule has 0 amide bonds. The molecule has 3 atom stereocenters. The first kappa shape index (κ1) is 28.0. The first-order valence-corrected chi connectivity index (χ1v) is 13.3. The largest absolute Gasteiger partial charge is 0.458 e. The molecule has 3 aromatic heterocycles. The first-order chi connectivity index (χ1) is 17.2. The maximum atomic E-state index is 13.5. The third-order valence-corrected chi connectivity index (χ3v) is 7.22. The van der Waals surface area contributed by atoms with Crippen LogP contribution in [0.1, 0.15) is 50.6 Å². The van der Waals surface area contributed by atoms with Gasteiger partial charge in [0.05, 0.1) is 11.6 Å². The molecule has 0 saturated heterocycles. The minimum Gasteiger partial charge on any atom is -0.458 e. The van der Waals surface area contributed by atoms with Gasteiger partial charge in [0, 0.05) is 39.6 Å². The van der Waals surface area contributed by atoms with Crippen molar-refractivity contribution in [2.45, 2.75) is 51.2 Å². The van der Waals surface area contributed by atoms with Crippen molar-refractivity contribution in [2.75, 3.05) is 32.2 Å². The Kier molecular flexibility index (Phi) is 9.79. The number of furan rings is 1. The Morgan fingerprint density at radius 3 is 2.47 bits per heavy atom. The molecule has 36 heavy (non-hydrogen) atoms. The summed E-state index contributed by atoms with van der Waals surface area (Å²) in [7, 11) is -1.01. The first-order valence-electron chi connectivity index (χ1n) is 11.4. The number of ether oxygens (including phenoxy) is 3. The maximum Gasteiger partial charge on any atom is 0.240 e. The fourth-order valence-electron chi connectivity index (χ4n) is 3.44. The van der Waals surface area contributed by atoms with Crippen molar-refractivity contribution in [2.24, 2.45) is 0 Å². The number of anilines is 1. The Bertz CT molecular complexity index is 1220. The molecule has 3 heterocycles. The molecule has 0 aliphatic carbocycles. The molecule has 3 rings (SSSR count). The van der Waals surface area contributed by atoms with Gasteiger partial charge in [-0.3, -0.25) is 9.29 Å². The summed E-state index contributed by atoms with van der Waals surface area (Å²) in [6.07, 6.45) is 2.29. The third-order valence-electron chi connectivity index (χ3n) is 5.33. The lowest BCUT2D eigenvalue weighted by Gasteiger charge is -2.25. The number of nitrogens with zero attached hydrogens (tertiary/aromatic N) is 5. The summed E-state index contributed by atoms with van der Waals surface area (Å²) in [5.74, 6) is 1.54. The van der Waals surface area contributed by atoms with Crippen LogP contribution in [0, 0.1) is 6.92 Å². The second-order valence-electron chi connectivity index (χ2n) is 8.00. The van der Waals surface area contributed by atoms with E-state index < -0.39 is 27.6 Å². The second kappa shape index (κ2) is 12.6. The van der Waals surface area contributed by atoms with E-state index >= 15 is 0 Å². The van der Waals surface area contributed by atoms with Crippen LogP contribution in [0.2, 0.25) is 5.02 Å². The maximum absolute atomic E-state index is 13.5. The standard InChI is InChI=1S/C22H31ClN6O6S/c1-6-10-34-19(20-24-12-16(23)13-25-20)15(3)36(30,31)28-22-27-26-21(17-8-7-14(2)35-17)29(22)18(33-5)9-11-32-4/h7-8,12-13,15,18-19H,6,9-11H2,1-5H3,(H,27,28)/t15-,18?,19+/m0/s1. The molecule has 0 saturated carbocycles.